The number of rotatable bonds is 1. The molecule has 0 fully saturated rings. The van der Waals surface area contributed by atoms with E-state index in [2.05, 4.69) is 4.98 Å². The number of aliphatic hydroxyl groups excluding tert-OH is 1. The van der Waals surface area contributed by atoms with Gasteiger partial charge in [-0.1, -0.05) is 0 Å². The van der Waals surface area contributed by atoms with Crippen LogP contribution in [-0.2, 0) is 11.7 Å². The van der Waals surface area contributed by atoms with Crippen LogP contribution in [0.4, 0.5) is 0 Å². The average molecular weight is 124 g/mol. The first-order valence-corrected chi connectivity index (χ1v) is 2.56. The van der Waals surface area contributed by atoms with Crippen LogP contribution in [0.3, 0.4) is 0 Å². The highest BCUT2D eigenvalue weighted by Gasteiger charge is 1.90. The van der Waals surface area contributed by atoms with E-state index in [1.165, 1.54) is 18.3 Å². The lowest BCUT2D eigenvalue weighted by Gasteiger charge is -1.90. The smallest absolute Gasteiger partial charge is 0.196 e. The Morgan fingerprint density at radius 1 is 1.56 bits per heavy atom. The van der Waals surface area contributed by atoms with Gasteiger partial charge in [0.1, 0.15) is 0 Å². The van der Waals surface area contributed by atoms with Crippen molar-refractivity contribution in [1.29, 1.82) is 0 Å². The normalized spacial score (nSPS) is 9.44. The van der Waals surface area contributed by atoms with Gasteiger partial charge in [0.05, 0.1) is 18.5 Å². The highest BCUT2D eigenvalue weighted by Crippen LogP contribution is 2.05. The molecule has 1 rings (SSSR count). The highest BCUT2D eigenvalue weighted by molar-refractivity contribution is 5.16. The molecule has 0 saturated heterocycles. The van der Waals surface area contributed by atoms with Gasteiger partial charge in [0, 0.05) is 0 Å². The van der Waals surface area contributed by atoms with E-state index in [0.29, 0.717) is 5.69 Å². The van der Waals surface area contributed by atoms with Crippen molar-refractivity contribution in [1.82, 2.24) is 4.98 Å². The summed E-state index contributed by atoms with van der Waals surface area (Å²) in [4.78, 5) is 3.63. The Morgan fingerprint density at radius 2 is 2.33 bits per heavy atom. The molecule has 0 aromatic carbocycles. The van der Waals surface area contributed by atoms with E-state index in [-0.39, 0.29) is 12.4 Å². The van der Waals surface area contributed by atoms with E-state index in [4.69, 9.17) is 5.11 Å². The van der Waals surface area contributed by atoms with E-state index in [9.17, 15) is 5.11 Å². The van der Waals surface area contributed by atoms with Crippen molar-refractivity contribution in [3.05, 3.63) is 24.0 Å². The van der Waals surface area contributed by atoms with Crippen molar-refractivity contribution in [3.8, 4) is 5.75 Å². The number of hydrogen-bond donors (Lipinski definition) is 1. The van der Waals surface area contributed by atoms with Gasteiger partial charge < -0.3 is 5.11 Å². The number of pyridine rings is 1. The van der Waals surface area contributed by atoms with Crippen LogP contribution in [0.1, 0.15) is 5.69 Å². The van der Waals surface area contributed by atoms with Gasteiger partial charge in [-0.15, -0.1) is 0 Å². The molecule has 0 saturated carbocycles. The second kappa shape index (κ2) is 2.46. The molecule has 1 radical (unpaired) electrons. The first kappa shape index (κ1) is 6.04. The van der Waals surface area contributed by atoms with Crippen molar-refractivity contribution in [2.24, 2.45) is 0 Å². The number of hydrogen-bond acceptors (Lipinski definition) is 2. The van der Waals surface area contributed by atoms with Crippen LogP contribution in [0.5, 0.6) is 5.75 Å². The van der Waals surface area contributed by atoms with Crippen molar-refractivity contribution in [2.45, 2.75) is 6.61 Å². The Labute approximate surface area is 52.6 Å². The number of aliphatic hydroxyl groups is 1. The van der Waals surface area contributed by atoms with Crippen LogP contribution in [0.25, 0.3) is 0 Å². The molecule has 0 aliphatic heterocycles. The fourth-order valence-electron chi connectivity index (χ4n) is 0.504. The molecule has 0 amide bonds. The van der Waals surface area contributed by atoms with Crippen LogP contribution in [0.15, 0.2) is 18.3 Å². The van der Waals surface area contributed by atoms with Gasteiger partial charge in [0.15, 0.2) is 5.75 Å². The molecule has 3 nitrogen and oxygen atoms in total. The Bertz CT molecular complexity index is 183. The third kappa shape index (κ3) is 1.40. The average Bonchev–Trinajstić information content (AvgIpc) is 1.90. The zero-order valence-corrected chi connectivity index (χ0v) is 4.74. The molecule has 0 unspecified atom stereocenters. The molecule has 47 valence electrons. The Hall–Kier alpha value is -1.09. The summed E-state index contributed by atoms with van der Waals surface area (Å²) >= 11 is 0. The van der Waals surface area contributed by atoms with Gasteiger partial charge >= 0.3 is 0 Å². The van der Waals surface area contributed by atoms with Gasteiger partial charge in [-0.3, -0.25) is 10.1 Å². The maximum atomic E-state index is 10.4. The Morgan fingerprint density at radius 3 is 2.78 bits per heavy atom. The second-order valence-corrected chi connectivity index (χ2v) is 1.64. The van der Waals surface area contributed by atoms with Crippen LogP contribution < -0.4 is 0 Å². The summed E-state index contributed by atoms with van der Waals surface area (Å²) in [5.41, 5.74) is 0.523. The molecule has 1 heterocycles. The van der Waals surface area contributed by atoms with Crippen molar-refractivity contribution >= 4 is 0 Å². The molecule has 0 bridgehead atoms. The van der Waals surface area contributed by atoms with E-state index < -0.39 is 0 Å². The van der Waals surface area contributed by atoms with Gasteiger partial charge in [0.2, 0.25) is 0 Å². The monoisotopic (exact) mass is 124 g/mol. The summed E-state index contributed by atoms with van der Waals surface area (Å²) in [6.07, 6.45) is 1.19. The summed E-state index contributed by atoms with van der Waals surface area (Å²) in [6.45, 7) is -0.111. The second-order valence-electron chi connectivity index (χ2n) is 1.64. The van der Waals surface area contributed by atoms with E-state index in [1.54, 1.807) is 0 Å². The van der Waals surface area contributed by atoms with Gasteiger partial charge in [-0.25, -0.2) is 0 Å². The molecule has 0 atom stereocenters. The zero-order valence-electron chi connectivity index (χ0n) is 4.74. The van der Waals surface area contributed by atoms with Gasteiger partial charge in [0.25, 0.3) is 0 Å². The largest absolute Gasteiger partial charge is 0.390 e. The first-order valence-electron chi connectivity index (χ1n) is 2.56. The molecule has 0 aliphatic rings. The van der Waals surface area contributed by atoms with Crippen LogP contribution in [-0.4, -0.2) is 10.1 Å². The molecular formula is C6H6NO2. The van der Waals surface area contributed by atoms with Crippen LogP contribution >= 0.6 is 0 Å². The van der Waals surface area contributed by atoms with E-state index in [0.717, 1.165) is 0 Å². The molecule has 3 heteroatoms. The molecule has 1 N–H and O–H groups in total. The predicted molar refractivity (Wildman–Crippen MR) is 30.3 cm³/mol. The summed E-state index contributed by atoms with van der Waals surface area (Å²) in [5, 5.41) is 18.9. The third-order valence-corrected chi connectivity index (χ3v) is 0.960. The lowest BCUT2D eigenvalue weighted by Crippen LogP contribution is -1.84. The topological polar surface area (TPSA) is 53.0 Å². The lowest BCUT2D eigenvalue weighted by atomic mass is 10.3. The fraction of sp³-hybridized carbons (Fsp3) is 0.167. The number of nitrogens with zero attached hydrogens (tertiary/aromatic N) is 1. The zero-order chi connectivity index (χ0) is 6.69. The molecule has 9 heavy (non-hydrogen) atoms. The van der Waals surface area contributed by atoms with Crippen molar-refractivity contribution < 1.29 is 10.2 Å². The SMILES string of the molecule is [O]c1ccc(CO)nc1. The number of aromatic nitrogens is 1. The standard InChI is InChI=1S/C6H6NO2/c8-4-5-1-2-6(9)3-7-5/h1-3,8H,4H2. The predicted octanol–water partition coefficient (Wildman–Crippen LogP) is 0.718. The van der Waals surface area contributed by atoms with Crippen molar-refractivity contribution in [2.75, 3.05) is 0 Å². The van der Waals surface area contributed by atoms with E-state index in [1.807, 2.05) is 0 Å². The summed E-state index contributed by atoms with van der Waals surface area (Å²) in [7, 11) is 0. The minimum atomic E-state index is -0.132. The minimum absolute atomic E-state index is 0.111. The maximum Gasteiger partial charge on any atom is 0.196 e. The maximum absolute atomic E-state index is 10.4. The van der Waals surface area contributed by atoms with Gasteiger partial charge in [-0.05, 0) is 12.1 Å². The third-order valence-electron chi connectivity index (χ3n) is 0.960. The first-order chi connectivity index (χ1) is 4.33. The van der Waals surface area contributed by atoms with E-state index >= 15 is 0 Å². The van der Waals surface area contributed by atoms with Crippen LogP contribution in [0.2, 0.25) is 0 Å². The fourth-order valence-corrected chi connectivity index (χ4v) is 0.504. The Kier molecular flexibility index (Phi) is 1.65. The molecular weight excluding hydrogens is 118 g/mol. The quantitative estimate of drug-likeness (QED) is 0.599. The summed E-state index contributed by atoms with van der Waals surface area (Å²) in [6, 6.07) is 2.88. The van der Waals surface area contributed by atoms with Crippen LogP contribution in [0, 0.1) is 0 Å². The molecule has 0 aliphatic carbocycles. The van der Waals surface area contributed by atoms with Gasteiger partial charge in [-0.2, -0.15) is 0 Å². The highest BCUT2D eigenvalue weighted by atomic mass is 16.3. The minimum Gasteiger partial charge on any atom is -0.390 e. The van der Waals surface area contributed by atoms with Crippen molar-refractivity contribution in [3.63, 3.8) is 0 Å². The molecule has 0 spiro atoms. The lowest BCUT2D eigenvalue weighted by molar-refractivity contribution is 0.276. The summed E-state index contributed by atoms with van der Waals surface area (Å²) < 4.78 is 0. The summed E-state index contributed by atoms with van der Waals surface area (Å²) in [5.74, 6) is -0.132. The Balaban J connectivity index is 2.88. The molecule has 1 aromatic heterocycles. The molecule has 1 aromatic rings.